The zero-order valence-electron chi connectivity index (χ0n) is 10.3. The van der Waals surface area contributed by atoms with Crippen molar-refractivity contribution in [1.82, 2.24) is 4.98 Å². The highest BCUT2D eigenvalue weighted by Crippen LogP contribution is 2.35. The Morgan fingerprint density at radius 1 is 1.53 bits per heavy atom. The van der Waals surface area contributed by atoms with Gasteiger partial charge in [-0.3, -0.25) is 9.78 Å². The zero-order chi connectivity index (χ0) is 13.9. The molecule has 19 heavy (non-hydrogen) atoms. The molecule has 1 aliphatic heterocycles. The molecule has 0 aromatic carbocycles. The molecule has 6 heteroatoms. The molecule has 0 bridgehead atoms. The van der Waals surface area contributed by atoms with Gasteiger partial charge in [0.2, 0.25) is 5.79 Å². The van der Waals surface area contributed by atoms with Gasteiger partial charge < -0.3 is 9.84 Å². The molecule has 1 aliphatic rings. The summed E-state index contributed by atoms with van der Waals surface area (Å²) in [5.41, 5.74) is -1.18. The van der Waals surface area contributed by atoms with Crippen LogP contribution in [0.2, 0.25) is 0 Å². The molecule has 0 spiro atoms. The first-order valence-electron chi connectivity index (χ1n) is 5.62. The van der Waals surface area contributed by atoms with Crippen LogP contribution in [0.4, 0.5) is 4.39 Å². The number of hydrogen-bond donors (Lipinski definition) is 1. The summed E-state index contributed by atoms with van der Waals surface area (Å²) in [5, 5.41) is 9.31. The summed E-state index contributed by atoms with van der Waals surface area (Å²) in [6, 6.07) is 3.13. The molecular weight excluding hydrogens is 251 g/mol. The molecule has 0 aliphatic carbocycles. The Hall–Kier alpha value is -2.08. The van der Waals surface area contributed by atoms with E-state index in [1.807, 2.05) is 0 Å². The van der Waals surface area contributed by atoms with E-state index in [1.54, 1.807) is 12.1 Å². The molecule has 100 valence electrons. The molecule has 0 saturated heterocycles. The van der Waals surface area contributed by atoms with Crippen LogP contribution in [-0.2, 0) is 15.3 Å². The molecular formula is C13H13FN2O3. The number of aliphatic imine (C=N–C) groups is 1. The Bertz CT molecular complexity index is 514. The van der Waals surface area contributed by atoms with Gasteiger partial charge in [0.25, 0.3) is 0 Å². The average Bonchev–Trinajstić information content (AvgIpc) is 2.48. The van der Waals surface area contributed by atoms with Gasteiger partial charge >= 0.3 is 5.97 Å². The van der Waals surface area contributed by atoms with E-state index in [0.717, 1.165) is 12.3 Å². The monoisotopic (exact) mass is 264 g/mol. The Morgan fingerprint density at radius 3 is 2.79 bits per heavy atom. The quantitative estimate of drug-likeness (QED) is 0.502. The van der Waals surface area contributed by atoms with Crippen molar-refractivity contribution in [3.05, 3.63) is 42.2 Å². The number of pyridine rings is 1. The van der Waals surface area contributed by atoms with E-state index in [-0.39, 0.29) is 5.56 Å². The van der Waals surface area contributed by atoms with Crippen LogP contribution in [0.15, 0.2) is 41.7 Å². The fourth-order valence-electron chi connectivity index (χ4n) is 1.76. The van der Waals surface area contributed by atoms with Crippen molar-refractivity contribution >= 4 is 12.2 Å². The number of methoxy groups -OCH3 is 1. The van der Waals surface area contributed by atoms with Crippen molar-refractivity contribution in [1.29, 1.82) is 0 Å². The smallest absolute Gasteiger partial charge is 0.323 e. The van der Waals surface area contributed by atoms with Crippen LogP contribution in [0.3, 0.4) is 0 Å². The Labute approximate surface area is 109 Å². The fourth-order valence-corrected chi connectivity index (χ4v) is 1.76. The lowest BCUT2D eigenvalue weighted by Crippen LogP contribution is -2.39. The lowest BCUT2D eigenvalue weighted by molar-refractivity contribution is -0.147. The van der Waals surface area contributed by atoms with E-state index in [2.05, 4.69) is 14.7 Å². The third-order valence-corrected chi connectivity index (χ3v) is 2.98. The number of esters is 1. The van der Waals surface area contributed by atoms with E-state index < -0.39 is 23.8 Å². The number of rotatable bonds is 3. The van der Waals surface area contributed by atoms with Crippen molar-refractivity contribution in [2.24, 2.45) is 10.4 Å². The molecule has 1 aromatic rings. The van der Waals surface area contributed by atoms with Gasteiger partial charge in [-0.05, 0) is 12.1 Å². The van der Waals surface area contributed by atoms with Crippen LogP contribution in [0.25, 0.3) is 0 Å². The van der Waals surface area contributed by atoms with Crippen LogP contribution >= 0.6 is 0 Å². The van der Waals surface area contributed by atoms with Gasteiger partial charge in [-0.15, -0.1) is 0 Å². The summed E-state index contributed by atoms with van der Waals surface area (Å²) in [7, 11) is 1.19. The van der Waals surface area contributed by atoms with Gasteiger partial charge in [-0.1, -0.05) is 12.1 Å². The van der Waals surface area contributed by atoms with E-state index in [4.69, 9.17) is 0 Å². The number of carbonyl (C=O) groups is 1. The molecule has 2 heterocycles. The Kier molecular flexibility index (Phi) is 3.44. The Morgan fingerprint density at radius 2 is 2.32 bits per heavy atom. The van der Waals surface area contributed by atoms with Crippen LogP contribution in [0, 0.1) is 5.41 Å². The highest BCUT2D eigenvalue weighted by atomic mass is 19.1. The normalized spacial score (nSPS) is 29.2. The number of aliphatic hydroxyl groups excluding tert-OH is 1. The molecule has 0 fully saturated rings. The van der Waals surface area contributed by atoms with Gasteiger partial charge in [0, 0.05) is 24.2 Å². The van der Waals surface area contributed by atoms with Crippen LogP contribution in [-0.4, -0.2) is 36.0 Å². The summed E-state index contributed by atoms with van der Waals surface area (Å²) in [6.45, 7) is -0.539. The number of alkyl halides is 1. The second kappa shape index (κ2) is 4.89. The van der Waals surface area contributed by atoms with Gasteiger partial charge in [0.1, 0.15) is 5.41 Å². The number of ether oxygens (including phenoxy) is 1. The minimum Gasteiger partial charge on any atom is -0.468 e. The molecule has 1 aromatic heterocycles. The molecule has 0 saturated carbocycles. The van der Waals surface area contributed by atoms with E-state index in [1.165, 1.54) is 25.6 Å². The summed E-state index contributed by atoms with van der Waals surface area (Å²) in [6.07, 6.45) is 6.34. The van der Waals surface area contributed by atoms with Crippen LogP contribution in [0.5, 0.6) is 0 Å². The standard InChI is InChI=1S/C13H13FN2O3/c1-19-11(18)12(9-17)4-5-13(14,16-8-12)10-3-2-6-15-7-10/h2-8,17H,9H2,1H3. The number of halogens is 1. The number of hydrogen-bond acceptors (Lipinski definition) is 5. The van der Waals surface area contributed by atoms with Gasteiger partial charge in [-0.2, -0.15) is 0 Å². The summed E-state index contributed by atoms with van der Waals surface area (Å²) < 4.78 is 19.2. The summed E-state index contributed by atoms with van der Waals surface area (Å²) >= 11 is 0. The first kappa shape index (κ1) is 13.4. The molecule has 1 N–H and O–H groups in total. The van der Waals surface area contributed by atoms with Crippen LogP contribution < -0.4 is 0 Å². The SMILES string of the molecule is COC(=O)C1(CO)C=CC(F)(c2cccnc2)N=C1. The minimum atomic E-state index is -2.08. The van der Waals surface area contributed by atoms with Crippen molar-refractivity contribution in [3.63, 3.8) is 0 Å². The lowest BCUT2D eigenvalue weighted by Gasteiger charge is -2.28. The van der Waals surface area contributed by atoms with E-state index >= 15 is 0 Å². The number of carbonyl (C=O) groups excluding carboxylic acids is 1. The number of aromatic nitrogens is 1. The first-order chi connectivity index (χ1) is 9.06. The second-order valence-corrected chi connectivity index (χ2v) is 4.20. The maximum Gasteiger partial charge on any atom is 0.323 e. The van der Waals surface area contributed by atoms with Crippen LogP contribution in [0.1, 0.15) is 5.56 Å². The molecule has 2 unspecified atom stereocenters. The van der Waals surface area contributed by atoms with Gasteiger partial charge in [0.15, 0.2) is 0 Å². The topological polar surface area (TPSA) is 71.8 Å². The van der Waals surface area contributed by atoms with Crippen molar-refractivity contribution < 1.29 is 19.0 Å². The number of nitrogens with zero attached hydrogens (tertiary/aromatic N) is 2. The third kappa shape index (κ3) is 2.26. The fraction of sp³-hybridized carbons (Fsp3) is 0.308. The van der Waals surface area contributed by atoms with E-state index in [0.29, 0.717) is 0 Å². The minimum absolute atomic E-state index is 0.249. The zero-order valence-corrected chi connectivity index (χ0v) is 10.3. The average molecular weight is 264 g/mol. The van der Waals surface area contributed by atoms with E-state index in [9.17, 15) is 14.3 Å². The summed E-state index contributed by atoms with van der Waals surface area (Å²) in [5.74, 6) is -2.77. The molecule has 0 radical (unpaired) electrons. The molecule has 2 atom stereocenters. The number of dihydropyridines is 1. The first-order valence-corrected chi connectivity index (χ1v) is 5.62. The second-order valence-electron chi connectivity index (χ2n) is 4.20. The number of aliphatic hydroxyl groups is 1. The predicted octanol–water partition coefficient (Wildman–Crippen LogP) is 0.996. The van der Waals surface area contributed by atoms with Gasteiger partial charge in [-0.25, -0.2) is 9.38 Å². The lowest BCUT2D eigenvalue weighted by atomic mass is 9.86. The highest BCUT2D eigenvalue weighted by molar-refractivity contribution is 5.98. The van der Waals surface area contributed by atoms with Crippen molar-refractivity contribution in [2.75, 3.05) is 13.7 Å². The Balaban J connectivity index is 2.34. The molecule has 0 amide bonds. The van der Waals surface area contributed by atoms with Crippen molar-refractivity contribution in [2.45, 2.75) is 5.79 Å². The highest BCUT2D eigenvalue weighted by Gasteiger charge is 2.41. The maximum atomic E-state index is 14.6. The predicted molar refractivity (Wildman–Crippen MR) is 66.2 cm³/mol. The van der Waals surface area contributed by atoms with Gasteiger partial charge in [0.05, 0.1) is 13.7 Å². The third-order valence-electron chi connectivity index (χ3n) is 2.98. The summed E-state index contributed by atoms with van der Waals surface area (Å²) in [4.78, 5) is 19.2. The van der Waals surface area contributed by atoms with Crippen molar-refractivity contribution in [3.8, 4) is 0 Å². The molecule has 5 nitrogen and oxygen atoms in total. The maximum absolute atomic E-state index is 14.6. The largest absolute Gasteiger partial charge is 0.468 e. The molecule has 2 rings (SSSR count).